The molecule has 174 valence electrons. The lowest BCUT2D eigenvalue weighted by atomic mass is 10.1. The number of aliphatic hydroxyl groups is 1. The van der Waals surface area contributed by atoms with Crippen LogP contribution in [0.4, 0.5) is 0 Å². The number of rotatable bonds is 11. The Kier molecular flexibility index (Phi) is 7.60. The first-order valence-corrected chi connectivity index (χ1v) is 11.7. The number of benzene rings is 2. The van der Waals surface area contributed by atoms with Crippen molar-refractivity contribution < 1.29 is 32.5 Å². The fourth-order valence-corrected chi connectivity index (χ4v) is 4.34. The fraction of sp³-hybridized carbons (Fsp3) is 0.409. The minimum absolute atomic E-state index is 0.0319. The number of para-hydroxylation sites is 1. The highest BCUT2D eigenvalue weighted by atomic mass is 32.2. The van der Waals surface area contributed by atoms with E-state index in [0.29, 0.717) is 22.8 Å². The number of aliphatic hydroxyl groups excluding tert-OH is 1. The van der Waals surface area contributed by atoms with Gasteiger partial charge in [-0.05, 0) is 49.6 Å². The Labute approximate surface area is 187 Å². The average Bonchev–Trinajstić information content (AvgIpc) is 3.59. The zero-order chi connectivity index (χ0) is 23.3. The molecule has 1 atom stereocenters. The van der Waals surface area contributed by atoms with Gasteiger partial charge in [0.15, 0.2) is 11.5 Å². The van der Waals surface area contributed by atoms with E-state index in [4.69, 9.17) is 14.2 Å². The van der Waals surface area contributed by atoms with Crippen LogP contribution < -0.4 is 24.2 Å². The summed E-state index contributed by atoms with van der Waals surface area (Å²) in [6.07, 6.45) is 0.621. The molecule has 1 fully saturated rings. The van der Waals surface area contributed by atoms with Gasteiger partial charge in [-0.2, -0.15) is 0 Å². The van der Waals surface area contributed by atoms with Gasteiger partial charge in [0.05, 0.1) is 19.1 Å². The van der Waals surface area contributed by atoms with Gasteiger partial charge in [-0.15, -0.1) is 0 Å². The highest BCUT2D eigenvalue weighted by Crippen LogP contribution is 2.36. The summed E-state index contributed by atoms with van der Waals surface area (Å²) in [5, 5.41) is 12.9. The minimum Gasteiger partial charge on any atom is -0.493 e. The second-order valence-electron chi connectivity index (χ2n) is 7.54. The molecule has 2 aromatic carbocycles. The van der Waals surface area contributed by atoms with Crippen LogP contribution in [0.1, 0.15) is 28.8 Å². The molecular weight excluding hydrogens is 436 g/mol. The maximum Gasteiger partial charge on any atom is 0.251 e. The van der Waals surface area contributed by atoms with Crippen molar-refractivity contribution in [3.8, 4) is 17.2 Å². The number of ether oxygens (including phenoxy) is 3. The first-order chi connectivity index (χ1) is 15.2. The summed E-state index contributed by atoms with van der Waals surface area (Å²) in [5.41, 5.74) is 0.848. The van der Waals surface area contributed by atoms with Crippen molar-refractivity contribution in [2.45, 2.75) is 36.8 Å². The van der Waals surface area contributed by atoms with Gasteiger partial charge >= 0.3 is 0 Å². The number of hydrogen-bond donors (Lipinski definition) is 3. The third-order valence-corrected chi connectivity index (χ3v) is 6.48. The maximum absolute atomic E-state index is 12.6. The lowest BCUT2D eigenvalue weighted by molar-refractivity contribution is 0.0833. The molecule has 1 aliphatic carbocycles. The van der Waals surface area contributed by atoms with Gasteiger partial charge in [0.2, 0.25) is 15.8 Å². The van der Waals surface area contributed by atoms with Crippen LogP contribution in [0.15, 0.2) is 41.3 Å². The smallest absolute Gasteiger partial charge is 0.251 e. The molecule has 10 heteroatoms. The number of hydrogen-bond acceptors (Lipinski definition) is 7. The topological polar surface area (TPSA) is 123 Å². The molecule has 0 aromatic heterocycles. The Balaban J connectivity index is 1.60. The molecule has 2 aromatic rings. The van der Waals surface area contributed by atoms with Crippen LogP contribution in [-0.2, 0) is 10.0 Å². The van der Waals surface area contributed by atoms with Crippen molar-refractivity contribution in [2.75, 3.05) is 27.4 Å². The molecule has 1 aliphatic rings. The normalized spacial score (nSPS) is 14.5. The van der Waals surface area contributed by atoms with Crippen molar-refractivity contribution in [3.05, 3.63) is 47.5 Å². The molecule has 3 rings (SSSR count). The molecule has 32 heavy (non-hydrogen) atoms. The van der Waals surface area contributed by atoms with Gasteiger partial charge in [-0.25, -0.2) is 13.1 Å². The highest BCUT2D eigenvalue weighted by Gasteiger charge is 2.28. The van der Waals surface area contributed by atoms with E-state index in [-0.39, 0.29) is 29.7 Å². The molecule has 1 saturated carbocycles. The van der Waals surface area contributed by atoms with Gasteiger partial charge in [-0.3, -0.25) is 4.79 Å². The largest absolute Gasteiger partial charge is 0.493 e. The molecule has 0 heterocycles. The van der Waals surface area contributed by atoms with Gasteiger partial charge in [-0.1, -0.05) is 12.1 Å². The minimum atomic E-state index is -3.68. The quantitative estimate of drug-likeness (QED) is 0.462. The van der Waals surface area contributed by atoms with Crippen LogP contribution in [0.2, 0.25) is 0 Å². The first-order valence-electron chi connectivity index (χ1n) is 10.2. The predicted molar refractivity (Wildman–Crippen MR) is 118 cm³/mol. The van der Waals surface area contributed by atoms with Gasteiger partial charge in [0.1, 0.15) is 12.7 Å². The summed E-state index contributed by atoms with van der Waals surface area (Å²) in [5.74, 6) is 0.766. The van der Waals surface area contributed by atoms with Gasteiger partial charge in [0.25, 0.3) is 5.91 Å². The molecule has 1 amide bonds. The summed E-state index contributed by atoms with van der Waals surface area (Å²) >= 11 is 0. The summed E-state index contributed by atoms with van der Waals surface area (Å²) in [7, 11) is -0.686. The Hall–Kier alpha value is -2.82. The second kappa shape index (κ2) is 10.2. The third kappa shape index (κ3) is 5.90. The number of amides is 1. The number of aryl methyl sites for hydroxylation is 1. The fourth-order valence-electron chi connectivity index (χ4n) is 3.01. The van der Waals surface area contributed by atoms with E-state index in [0.717, 1.165) is 12.8 Å². The van der Waals surface area contributed by atoms with Crippen molar-refractivity contribution in [1.82, 2.24) is 10.0 Å². The Morgan fingerprint density at radius 1 is 1.16 bits per heavy atom. The summed E-state index contributed by atoms with van der Waals surface area (Å²) in [6, 6.07) is 9.53. The zero-order valence-electron chi connectivity index (χ0n) is 18.3. The highest BCUT2D eigenvalue weighted by molar-refractivity contribution is 7.89. The first kappa shape index (κ1) is 23.8. The van der Waals surface area contributed by atoms with E-state index in [1.807, 2.05) is 0 Å². The molecule has 0 spiro atoms. The van der Waals surface area contributed by atoms with Crippen molar-refractivity contribution in [2.24, 2.45) is 0 Å². The van der Waals surface area contributed by atoms with E-state index in [9.17, 15) is 18.3 Å². The van der Waals surface area contributed by atoms with Gasteiger partial charge < -0.3 is 24.6 Å². The number of nitrogens with one attached hydrogen (secondary N) is 2. The van der Waals surface area contributed by atoms with Crippen LogP contribution in [0, 0.1) is 6.92 Å². The molecule has 3 N–H and O–H groups in total. The molecule has 1 unspecified atom stereocenters. The molecule has 0 radical (unpaired) electrons. The zero-order valence-corrected chi connectivity index (χ0v) is 19.1. The molecule has 0 saturated heterocycles. The lowest BCUT2D eigenvalue weighted by Crippen LogP contribution is -2.35. The maximum atomic E-state index is 12.6. The third-order valence-electron chi connectivity index (χ3n) is 4.96. The van der Waals surface area contributed by atoms with E-state index in [2.05, 4.69) is 10.0 Å². The van der Waals surface area contributed by atoms with Crippen LogP contribution in [0.25, 0.3) is 0 Å². The van der Waals surface area contributed by atoms with Crippen LogP contribution in [0.5, 0.6) is 17.2 Å². The molecule has 0 bridgehead atoms. The average molecular weight is 465 g/mol. The van der Waals surface area contributed by atoms with Gasteiger partial charge in [0, 0.05) is 18.2 Å². The number of sulfonamides is 1. The molecule has 0 aliphatic heterocycles. The van der Waals surface area contributed by atoms with Crippen molar-refractivity contribution >= 4 is 15.9 Å². The van der Waals surface area contributed by atoms with Crippen LogP contribution in [0.3, 0.4) is 0 Å². The number of carbonyl (C=O) groups is 1. The predicted octanol–water partition coefficient (Wildman–Crippen LogP) is 1.62. The molecule has 9 nitrogen and oxygen atoms in total. The van der Waals surface area contributed by atoms with Crippen LogP contribution in [-0.4, -0.2) is 58.9 Å². The number of methoxy groups -OCH3 is 2. The van der Waals surface area contributed by atoms with Crippen molar-refractivity contribution in [1.29, 1.82) is 0 Å². The lowest BCUT2D eigenvalue weighted by Gasteiger charge is -2.17. The Bertz CT molecular complexity index is 1050. The Morgan fingerprint density at radius 2 is 1.81 bits per heavy atom. The Morgan fingerprint density at radius 3 is 2.41 bits per heavy atom. The summed E-state index contributed by atoms with van der Waals surface area (Å²) in [6.45, 7) is 1.51. The van der Waals surface area contributed by atoms with E-state index in [1.54, 1.807) is 31.2 Å². The second-order valence-corrected chi connectivity index (χ2v) is 9.25. The van der Waals surface area contributed by atoms with E-state index >= 15 is 0 Å². The standard InChI is InChI=1S/C22H28N2O7S/c1-14-7-10-17(32(27,28)24-15-8-9-15)11-18(14)22(26)23-12-16(25)13-31-21-19(29-2)5-4-6-20(21)30-3/h4-7,10-11,15-16,24-25H,8-9,12-13H2,1-3H3,(H,23,26). The van der Waals surface area contributed by atoms with E-state index in [1.165, 1.54) is 26.4 Å². The van der Waals surface area contributed by atoms with E-state index < -0.39 is 22.0 Å². The SMILES string of the molecule is COc1cccc(OC)c1OCC(O)CNC(=O)c1cc(S(=O)(=O)NC2CC2)ccc1C. The summed E-state index contributed by atoms with van der Waals surface area (Å²) in [4.78, 5) is 12.7. The monoisotopic (exact) mass is 464 g/mol. The van der Waals surface area contributed by atoms with Crippen molar-refractivity contribution in [3.63, 3.8) is 0 Å². The molecular formula is C22H28N2O7S. The number of carbonyl (C=O) groups excluding carboxylic acids is 1. The van der Waals surface area contributed by atoms with Crippen LogP contribution >= 0.6 is 0 Å². The summed E-state index contributed by atoms with van der Waals surface area (Å²) < 4.78 is 43.6.